The third kappa shape index (κ3) is 3.16. The van der Waals surface area contributed by atoms with Gasteiger partial charge in [-0.15, -0.1) is 0 Å². The van der Waals surface area contributed by atoms with Gasteiger partial charge in [0, 0.05) is 24.8 Å². The highest BCUT2D eigenvalue weighted by atomic mass is 19.1. The molecule has 4 N–H and O–H groups in total. The van der Waals surface area contributed by atoms with Crippen LogP contribution in [0.1, 0.15) is 43.5 Å². The molecule has 4 aliphatic rings. The lowest BCUT2D eigenvalue weighted by Gasteiger charge is -2.59. The Morgan fingerprint density at radius 3 is 2.59 bits per heavy atom. The maximum Gasteiger partial charge on any atom is 0.227 e. The molecule has 4 aliphatic carbocycles. The molecule has 4 bridgehead atoms. The summed E-state index contributed by atoms with van der Waals surface area (Å²) in [6, 6.07) is 1.96. The molecule has 4 saturated carbocycles. The van der Waals surface area contributed by atoms with Gasteiger partial charge in [0.25, 0.3) is 0 Å². The molecular weight excluding hydrogens is 375 g/mol. The summed E-state index contributed by atoms with van der Waals surface area (Å²) in [5.74, 6) is 1.53. The van der Waals surface area contributed by atoms with Crippen molar-refractivity contribution in [1.29, 1.82) is 0 Å². The van der Waals surface area contributed by atoms with Crippen LogP contribution >= 0.6 is 0 Å². The molecule has 6 rings (SSSR count). The molecule has 0 spiro atoms. The van der Waals surface area contributed by atoms with E-state index in [1.807, 2.05) is 18.9 Å². The molecule has 156 valence electrons. The summed E-state index contributed by atoms with van der Waals surface area (Å²) in [6.07, 6.45) is 4.76. The lowest BCUT2D eigenvalue weighted by Crippen LogP contribution is -2.61. The van der Waals surface area contributed by atoms with Gasteiger partial charge in [-0.1, -0.05) is 0 Å². The third-order valence-corrected chi connectivity index (χ3v) is 6.96. The van der Waals surface area contributed by atoms with Crippen LogP contribution < -0.4 is 10.2 Å². The van der Waals surface area contributed by atoms with Gasteiger partial charge in [0.1, 0.15) is 5.69 Å². The van der Waals surface area contributed by atoms with Crippen molar-refractivity contribution in [2.24, 2.45) is 17.8 Å². The summed E-state index contributed by atoms with van der Waals surface area (Å²) in [4.78, 5) is 10.8. The summed E-state index contributed by atoms with van der Waals surface area (Å²) >= 11 is 0. The first-order valence-corrected chi connectivity index (χ1v) is 10.3. The van der Waals surface area contributed by atoms with Crippen LogP contribution in [0.3, 0.4) is 0 Å². The number of nitrogens with one attached hydrogen (secondary N) is 2. The van der Waals surface area contributed by atoms with Gasteiger partial charge in [-0.3, -0.25) is 5.10 Å². The van der Waals surface area contributed by atoms with Crippen molar-refractivity contribution >= 4 is 17.6 Å². The van der Waals surface area contributed by atoms with E-state index in [1.165, 1.54) is 0 Å². The summed E-state index contributed by atoms with van der Waals surface area (Å²) in [5, 5.41) is 30.2. The molecule has 0 saturated heterocycles. The van der Waals surface area contributed by atoms with Gasteiger partial charge in [-0.2, -0.15) is 10.1 Å². The maximum absolute atomic E-state index is 14.8. The standard InChI is InChI=1S/C20H27FN6O2/c1-10-3-15(26-25-10)23-18-16(21)14(9-28)22-19(24-18)27(2)17-12-4-11-5-13(17)8-20(29,6-11)7-12/h3,11-13,17,28-29H,4-9H2,1-2H3,(H2,22,23,24,25,26). The molecule has 0 aromatic carbocycles. The van der Waals surface area contributed by atoms with Crippen LogP contribution in [0.2, 0.25) is 0 Å². The molecule has 0 amide bonds. The largest absolute Gasteiger partial charge is 0.390 e. The Bertz CT molecular complexity index is 918. The van der Waals surface area contributed by atoms with E-state index in [-0.39, 0.29) is 17.6 Å². The zero-order chi connectivity index (χ0) is 20.3. The van der Waals surface area contributed by atoms with Gasteiger partial charge in [0.2, 0.25) is 5.95 Å². The Morgan fingerprint density at radius 1 is 1.28 bits per heavy atom. The van der Waals surface area contributed by atoms with E-state index in [2.05, 4.69) is 25.5 Å². The number of rotatable bonds is 5. The van der Waals surface area contributed by atoms with Crippen molar-refractivity contribution in [2.45, 2.75) is 57.3 Å². The second-order valence-corrected chi connectivity index (χ2v) is 9.15. The van der Waals surface area contributed by atoms with E-state index in [4.69, 9.17) is 0 Å². The van der Waals surface area contributed by atoms with Crippen molar-refractivity contribution < 1.29 is 14.6 Å². The van der Waals surface area contributed by atoms with E-state index in [1.54, 1.807) is 6.07 Å². The minimum atomic E-state index is -0.676. The average molecular weight is 402 g/mol. The van der Waals surface area contributed by atoms with Gasteiger partial charge in [0.05, 0.1) is 12.2 Å². The van der Waals surface area contributed by atoms with E-state index in [0.717, 1.165) is 37.8 Å². The first-order valence-electron chi connectivity index (χ1n) is 10.3. The van der Waals surface area contributed by atoms with E-state index >= 15 is 0 Å². The minimum absolute atomic E-state index is 0.000144. The maximum atomic E-state index is 14.8. The first kappa shape index (κ1) is 18.7. The van der Waals surface area contributed by atoms with Crippen LogP contribution in [0, 0.1) is 30.5 Å². The molecule has 2 aromatic rings. The molecule has 8 nitrogen and oxygen atoms in total. The molecule has 9 heteroatoms. The number of halogens is 1. The molecule has 29 heavy (non-hydrogen) atoms. The predicted octanol–water partition coefficient (Wildman–Crippen LogP) is 2.26. The number of nitrogens with zero attached hydrogens (tertiary/aromatic N) is 4. The first-order chi connectivity index (χ1) is 13.8. The Kier molecular flexibility index (Phi) is 4.29. The Hall–Kier alpha value is -2.26. The normalized spacial score (nSPS) is 32.6. The second kappa shape index (κ2) is 6.63. The third-order valence-electron chi connectivity index (χ3n) is 6.96. The molecule has 2 heterocycles. The SMILES string of the molecule is Cc1cc(Nc2nc(N(C)C3C4CC5CC3CC(O)(C5)C4)nc(CO)c2F)n[nH]1. The lowest BCUT2D eigenvalue weighted by molar-refractivity contribution is -0.133. The highest BCUT2D eigenvalue weighted by molar-refractivity contribution is 5.55. The highest BCUT2D eigenvalue weighted by Crippen LogP contribution is 2.57. The highest BCUT2D eigenvalue weighted by Gasteiger charge is 2.56. The minimum Gasteiger partial charge on any atom is -0.390 e. The van der Waals surface area contributed by atoms with Gasteiger partial charge in [-0.25, -0.2) is 9.37 Å². The van der Waals surface area contributed by atoms with Gasteiger partial charge in [0.15, 0.2) is 17.5 Å². The van der Waals surface area contributed by atoms with Crippen LogP contribution in [-0.4, -0.2) is 49.1 Å². The summed E-state index contributed by atoms with van der Waals surface area (Å²) in [5.41, 5.74) is 0.283. The number of aromatic nitrogens is 4. The molecule has 2 atom stereocenters. The number of hydrogen-bond acceptors (Lipinski definition) is 7. The summed E-state index contributed by atoms with van der Waals surface area (Å²) in [7, 11) is 1.94. The smallest absolute Gasteiger partial charge is 0.227 e. The fourth-order valence-electron chi connectivity index (χ4n) is 6.15. The van der Waals surface area contributed by atoms with Crippen LogP contribution in [0.15, 0.2) is 6.07 Å². The van der Waals surface area contributed by atoms with Gasteiger partial charge >= 0.3 is 0 Å². The number of aliphatic hydroxyl groups is 2. The average Bonchev–Trinajstić information content (AvgIpc) is 3.06. The number of aryl methyl sites for hydroxylation is 1. The van der Waals surface area contributed by atoms with Crippen molar-refractivity contribution in [2.75, 3.05) is 17.3 Å². The van der Waals surface area contributed by atoms with Crippen LogP contribution in [0.4, 0.5) is 22.0 Å². The van der Waals surface area contributed by atoms with Crippen LogP contribution in [-0.2, 0) is 6.61 Å². The number of H-pyrrole nitrogens is 1. The fraction of sp³-hybridized carbons (Fsp3) is 0.650. The van der Waals surface area contributed by atoms with Crippen molar-refractivity contribution in [3.8, 4) is 0 Å². The van der Waals surface area contributed by atoms with E-state index in [0.29, 0.717) is 29.5 Å². The number of anilines is 3. The Morgan fingerprint density at radius 2 is 2.00 bits per heavy atom. The van der Waals surface area contributed by atoms with Crippen LogP contribution in [0.5, 0.6) is 0 Å². The van der Waals surface area contributed by atoms with Crippen molar-refractivity contribution in [1.82, 2.24) is 20.2 Å². The quantitative estimate of drug-likeness (QED) is 0.607. The fourth-order valence-corrected chi connectivity index (χ4v) is 6.15. The van der Waals surface area contributed by atoms with Gasteiger partial charge < -0.3 is 20.4 Å². The van der Waals surface area contributed by atoms with Crippen molar-refractivity contribution in [3.63, 3.8) is 0 Å². The second-order valence-electron chi connectivity index (χ2n) is 9.15. The topological polar surface area (TPSA) is 110 Å². The lowest BCUT2D eigenvalue weighted by atomic mass is 9.52. The molecule has 2 aromatic heterocycles. The van der Waals surface area contributed by atoms with E-state index in [9.17, 15) is 14.6 Å². The molecule has 4 fully saturated rings. The molecule has 0 aliphatic heterocycles. The number of aliphatic hydroxyl groups excluding tert-OH is 1. The monoisotopic (exact) mass is 402 g/mol. The summed E-state index contributed by atoms with van der Waals surface area (Å²) < 4.78 is 14.8. The predicted molar refractivity (Wildman–Crippen MR) is 105 cm³/mol. The van der Waals surface area contributed by atoms with Crippen molar-refractivity contribution in [3.05, 3.63) is 23.3 Å². The van der Waals surface area contributed by atoms with Crippen LogP contribution in [0.25, 0.3) is 0 Å². The molecule has 2 unspecified atom stereocenters. The number of aromatic amines is 1. The van der Waals surface area contributed by atoms with E-state index < -0.39 is 18.0 Å². The summed E-state index contributed by atoms with van der Waals surface area (Å²) in [6.45, 7) is 1.34. The molecular formula is C20H27FN6O2. The zero-order valence-corrected chi connectivity index (χ0v) is 16.7. The Balaban J connectivity index is 1.46. The molecule has 0 radical (unpaired) electrons. The number of hydrogen-bond donors (Lipinski definition) is 4. The van der Waals surface area contributed by atoms with Gasteiger partial charge in [-0.05, 0) is 56.8 Å². The zero-order valence-electron chi connectivity index (χ0n) is 16.7. The Labute approximate surface area is 168 Å².